The van der Waals surface area contributed by atoms with E-state index in [9.17, 15) is 18.0 Å². The van der Waals surface area contributed by atoms with Crippen molar-refractivity contribution in [2.24, 2.45) is 0 Å². The molecule has 0 bridgehead atoms. The minimum Gasteiger partial charge on any atom is -0.494 e. The molecule has 33 heavy (non-hydrogen) atoms. The van der Waals surface area contributed by atoms with E-state index in [1.165, 1.54) is 0 Å². The summed E-state index contributed by atoms with van der Waals surface area (Å²) in [6, 6.07) is 13.0. The second-order valence-electron chi connectivity index (χ2n) is 7.64. The van der Waals surface area contributed by atoms with Gasteiger partial charge in [-0.3, -0.25) is 13.9 Å². The van der Waals surface area contributed by atoms with E-state index in [2.05, 4.69) is 10.6 Å². The summed E-state index contributed by atoms with van der Waals surface area (Å²) in [6.07, 6.45) is 2.89. The van der Waals surface area contributed by atoms with Crippen molar-refractivity contribution < 1.29 is 27.5 Å². The van der Waals surface area contributed by atoms with Crippen LogP contribution in [0.25, 0.3) is 0 Å². The monoisotopic (exact) mass is 475 g/mol. The van der Waals surface area contributed by atoms with Gasteiger partial charge in [-0.2, -0.15) is 0 Å². The van der Waals surface area contributed by atoms with E-state index in [0.717, 1.165) is 23.4 Å². The molecule has 2 N–H and O–H groups in total. The number of carbonyl (C=O) groups is 2. The molecule has 3 rings (SSSR count). The van der Waals surface area contributed by atoms with Crippen molar-refractivity contribution in [2.75, 3.05) is 42.2 Å². The van der Waals surface area contributed by atoms with Gasteiger partial charge in [0.2, 0.25) is 15.9 Å². The van der Waals surface area contributed by atoms with E-state index < -0.39 is 22.5 Å². The fraction of sp³-hybridized carbons (Fsp3) is 0.391. The molecule has 0 saturated carbocycles. The number of sulfonamides is 1. The maximum atomic E-state index is 12.8. The Morgan fingerprint density at radius 2 is 1.88 bits per heavy atom. The topological polar surface area (TPSA) is 114 Å². The second kappa shape index (κ2) is 11.2. The SMILES string of the molecule is CCOc1ccc(N(CC(=O)Nc2ccccc2C(=O)NC[C@H]2CCCO2)S(C)(=O)=O)cc1. The standard InChI is InChI=1S/C23H29N3O6S/c1-3-31-18-12-10-17(11-13-18)26(33(2,29)30)16-22(27)25-21-9-5-4-8-20(21)23(28)24-15-19-7-6-14-32-19/h4-5,8-13,19H,3,6-7,14-16H2,1-2H3,(H,24,28)(H,25,27)/t19-/m1/s1. The molecule has 1 fully saturated rings. The molecular formula is C23H29N3O6S. The Balaban J connectivity index is 1.69. The van der Waals surface area contributed by atoms with Gasteiger partial charge in [-0.15, -0.1) is 0 Å². The summed E-state index contributed by atoms with van der Waals surface area (Å²) in [6.45, 7) is 2.97. The molecule has 0 spiro atoms. The summed E-state index contributed by atoms with van der Waals surface area (Å²) < 4.78 is 36.6. The minimum absolute atomic E-state index is 0.00635. The number of rotatable bonds is 10. The molecule has 178 valence electrons. The molecule has 0 aromatic heterocycles. The second-order valence-corrected chi connectivity index (χ2v) is 9.54. The zero-order valence-electron chi connectivity index (χ0n) is 18.7. The van der Waals surface area contributed by atoms with Gasteiger partial charge in [0.15, 0.2) is 0 Å². The van der Waals surface area contributed by atoms with E-state index in [1.807, 2.05) is 6.92 Å². The summed E-state index contributed by atoms with van der Waals surface area (Å²) in [5.74, 6) is -0.316. The largest absolute Gasteiger partial charge is 0.494 e. The maximum absolute atomic E-state index is 12.8. The molecule has 2 aromatic rings. The number of hydrogen-bond acceptors (Lipinski definition) is 6. The van der Waals surface area contributed by atoms with Crippen molar-refractivity contribution in [1.29, 1.82) is 0 Å². The number of benzene rings is 2. The number of amides is 2. The molecule has 1 saturated heterocycles. The Kier molecular flexibility index (Phi) is 8.29. The van der Waals surface area contributed by atoms with Crippen molar-refractivity contribution in [1.82, 2.24) is 5.32 Å². The van der Waals surface area contributed by atoms with Crippen LogP contribution in [0.2, 0.25) is 0 Å². The van der Waals surface area contributed by atoms with Crippen LogP contribution in [0, 0.1) is 0 Å². The van der Waals surface area contributed by atoms with Crippen molar-refractivity contribution >= 4 is 33.2 Å². The molecule has 1 atom stereocenters. The number of carbonyl (C=O) groups excluding carboxylic acids is 2. The summed E-state index contributed by atoms with van der Waals surface area (Å²) >= 11 is 0. The Morgan fingerprint density at radius 1 is 1.15 bits per heavy atom. The van der Waals surface area contributed by atoms with Crippen LogP contribution in [0.1, 0.15) is 30.1 Å². The van der Waals surface area contributed by atoms with Crippen molar-refractivity contribution in [2.45, 2.75) is 25.9 Å². The first-order chi connectivity index (χ1) is 15.8. The van der Waals surface area contributed by atoms with Crippen molar-refractivity contribution in [3.8, 4) is 5.75 Å². The lowest BCUT2D eigenvalue weighted by Gasteiger charge is -2.22. The van der Waals surface area contributed by atoms with E-state index in [-0.39, 0.29) is 17.6 Å². The number of ether oxygens (including phenoxy) is 2. The highest BCUT2D eigenvalue weighted by Gasteiger charge is 2.23. The van der Waals surface area contributed by atoms with Gasteiger partial charge in [0.1, 0.15) is 12.3 Å². The first kappa shape index (κ1) is 24.5. The fourth-order valence-corrected chi connectivity index (χ4v) is 4.35. The Labute approximate surface area is 194 Å². The van der Waals surface area contributed by atoms with E-state index in [4.69, 9.17) is 9.47 Å². The number of nitrogens with one attached hydrogen (secondary N) is 2. The first-order valence-corrected chi connectivity index (χ1v) is 12.6. The quantitative estimate of drug-likeness (QED) is 0.546. The smallest absolute Gasteiger partial charge is 0.253 e. The van der Waals surface area contributed by atoms with Crippen LogP contribution in [0.15, 0.2) is 48.5 Å². The van der Waals surface area contributed by atoms with Crippen LogP contribution in [-0.4, -0.2) is 58.9 Å². The third kappa shape index (κ3) is 6.93. The average molecular weight is 476 g/mol. The number of para-hydroxylation sites is 1. The molecule has 1 aliphatic heterocycles. The lowest BCUT2D eigenvalue weighted by molar-refractivity contribution is -0.114. The van der Waals surface area contributed by atoms with Gasteiger partial charge in [-0.25, -0.2) is 8.42 Å². The lowest BCUT2D eigenvalue weighted by atomic mass is 10.1. The van der Waals surface area contributed by atoms with Crippen LogP contribution in [-0.2, 0) is 19.6 Å². The lowest BCUT2D eigenvalue weighted by Crippen LogP contribution is -2.38. The van der Waals surface area contributed by atoms with E-state index in [0.29, 0.717) is 36.9 Å². The van der Waals surface area contributed by atoms with Crippen LogP contribution in [0.3, 0.4) is 0 Å². The number of nitrogens with zero attached hydrogens (tertiary/aromatic N) is 1. The highest BCUT2D eigenvalue weighted by Crippen LogP contribution is 2.22. The van der Waals surface area contributed by atoms with Crippen LogP contribution in [0.4, 0.5) is 11.4 Å². The third-order valence-corrected chi connectivity index (χ3v) is 6.22. The van der Waals surface area contributed by atoms with Gasteiger partial charge < -0.3 is 20.1 Å². The molecule has 9 nitrogen and oxygen atoms in total. The Hall–Kier alpha value is -3.11. The highest BCUT2D eigenvalue weighted by atomic mass is 32.2. The summed E-state index contributed by atoms with van der Waals surface area (Å²) in [5.41, 5.74) is 0.919. The highest BCUT2D eigenvalue weighted by molar-refractivity contribution is 7.92. The molecule has 10 heteroatoms. The van der Waals surface area contributed by atoms with Crippen molar-refractivity contribution in [3.05, 3.63) is 54.1 Å². The first-order valence-electron chi connectivity index (χ1n) is 10.8. The van der Waals surface area contributed by atoms with E-state index in [1.54, 1.807) is 48.5 Å². The van der Waals surface area contributed by atoms with Crippen LogP contribution < -0.4 is 19.7 Å². The predicted octanol–water partition coefficient (Wildman–Crippen LogP) is 2.40. The molecule has 0 unspecified atom stereocenters. The van der Waals surface area contributed by atoms with Gasteiger partial charge in [0.25, 0.3) is 5.91 Å². The van der Waals surface area contributed by atoms with Crippen LogP contribution >= 0.6 is 0 Å². The fourth-order valence-electron chi connectivity index (χ4n) is 3.49. The maximum Gasteiger partial charge on any atom is 0.253 e. The molecule has 1 aliphatic rings. The zero-order chi connectivity index (χ0) is 23.8. The molecule has 1 heterocycles. The Bertz CT molecular complexity index is 1070. The third-order valence-electron chi connectivity index (χ3n) is 5.08. The zero-order valence-corrected chi connectivity index (χ0v) is 19.6. The average Bonchev–Trinajstić information content (AvgIpc) is 3.30. The van der Waals surface area contributed by atoms with Gasteiger partial charge in [0.05, 0.1) is 35.9 Å². The summed E-state index contributed by atoms with van der Waals surface area (Å²) in [5, 5.41) is 5.49. The molecule has 0 radical (unpaired) electrons. The van der Waals surface area contributed by atoms with Gasteiger partial charge in [-0.05, 0) is 56.2 Å². The van der Waals surface area contributed by atoms with Gasteiger partial charge in [-0.1, -0.05) is 12.1 Å². The molecule has 2 aromatic carbocycles. The number of hydrogen-bond donors (Lipinski definition) is 2. The normalized spacial score (nSPS) is 15.6. The van der Waals surface area contributed by atoms with Gasteiger partial charge >= 0.3 is 0 Å². The van der Waals surface area contributed by atoms with Gasteiger partial charge in [0, 0.05) is 13.2 Å². The van der Waals surface area contributed by atoms with Crippen molar-refractivity contribution in [3.63, 3.8) is 0 Å². The molecular weight excluding hydrogens is 446 g/mol. The Morgan fingerprint density at radius 3 is 2.52 bits per heavy atom. The predicted molar refractivity (Wildman–Crippen MR) is 126 cm³/mol. The summed E-state index contributed by atoms with van der Waals surface area (Å²) in [7, 11) is -3.74. The molecule has 2 amide bonds. The summed E-state index contributed by atoms with van der Waals surface area (Å²) in [4.78, 5) is 25.4. The number of anilines is 2. The minimum atomic E-state index is -3.74. The van der Waals surface area contributed by atoms with Crippen LogP contribution in [0.5, 0.6) is 5.75 Å². The van der Waals surface area contributed by atoms with E-state index >= 15 is 0 Å². The molecule has 0 aliphatic carbocycles.